The molecule has 0 fully saturated rings. The summed E-state index contributed by atoms with van der Waals surface area (Å²) in [7, 11) is 0. The molecule has 74 valence electrons. The Kier molecular flexibility index (Phi) is 5.03. The molecule has 13 heavy (non-hydrogen) atoms. The number of allylic oxidation sites excluding steroid dienone is 2. The molecule has 0 atom stereocenters. The molecule has 0 N–H and O–H groups in total. The zero-order valence-corrected chi connectivity index (χ0v) is 9.01. The Balaban J connectivity index is 2.27. The second-order valence-electron chi connectivity index (χ2n) is 3.88. The van der Waals surface area contributed by atoms with Crippen LogP contribution in [0.3, 0.4) is 0 Å². The van der Waals surface area contributed by atoms with E-state index in [2.05, 4.69) is 19.9 Å². The van der Waals surface area contributed by atoms with Gasteiger partial charge in [-0.2, -0.15) is 0 Å². The topological polar surface area (TPSA) is 9.23 Å². The van der Waals surface area contributed by atoms with Crippen molar-refractivity contribution >= 4 is 6.92 Å². The summed E-state index contributed by atoms with van der Waals surface area (Å²) < 4.78 is 5.95. The Labute approximate surface area is 82.7 Å². The molecule has 1 rings (SSSR count). The van der Waals surface area contributed by atoms with Gasteiger partial charge in [0.05, 0.1) is 5.76 Å². The number of hydrogen-bond acceptors (Lipinski definition) is 1. The number of rotatable bonds is 6. The normalized spacial score (nSPS) is 15.7. The van der Waals surface area contributed by atoms with E-state index in [0.717, 1.165) is 0 Å². The SMILES string of the molecule is CCCB(CCC)OC1=CCCC1. The molecule has 0 heterocycles. The average molecular weight is 180 g/mol. The highest BCUT2D eigenvalue weighted by atomic mass is 16.4. The van der Waals surface area contributed by atoms with Gasteiger partial charge in [0, 0.05) is 6.42 Å². The minimum Gasteiger partial charge on any atom is -0.564 e. The van der Waals surface area contributed by atoms with E-state index in [1.54, 1.807) is 0 Å². The molecule has 0 aliphatic heterocycles. The first-order valence-electron chi connectivity index (χ1n) is 5.72. The van der Waals surface area contributed by atoms with Crippen LogP contribution in [0.15, 0.2) is 11.8 Å². The molecule has 0 spiro atoms. The summed E-state index contributed by atoms with van der Waals surface area (Å²) in [6, 6.07) is 0. The van der Waals surface area contributed by atoms with Crippen LogP contribution in [0.1, 0.15) is 46.0 Å². The van der Waals surface area contributed by atoms with Gasteiger partial charge in [-0.3, -0.25) is 0 Å². The van der Waals surface area contributed by atoms with Crippen LogP contribution in [0.5, 0.6) is 0 Å². The van der Waals surface area contributed by atoms with Crippen LogP contribution < -0.4 is 0 Å². The summed E-state index contributed by atoms with van der Waals surface area (Å²) in [6.45, 7) is 4.95. The van der Waals surface area contributed by atoms with Crippen molar-refractivity contribution in [2.75, 3.05) is 0 Å². The molecule has 2 heteroatoms. The van der Waals surface area contributed by atoms with E-state index in [4.69, 9.17) is 4.65 Å². The van der Waals surface area contributed by atoms with Crippen molar-refractivity contribution in [2.45, 2.75) is 58.6 Å². The molecule has 1 aliphatic carbocycles. The third kappa shape index (κ3) is 3.88. The molecule has 0 saturated heterocycles. The fraction of sp³-hybridized carbons (Fsp3) is 0.818. The van der Waals surface area contributed by atoms with Gasteiger partial charge in [0.1, 0.15) is 0 Å². The predicted octanol–water partition coefficient (Wildman–Crippen LogP) is 3.88. The van der Waals surface area contributed by atoms with Crippen LogP contribution in [0.2, 0.25) is 12.6 Å². The van der Waals surface area contributed by atoms with Gasteiger partial charge in [-0.1, -0.05) is 26.7 Å². The number of hydrogen-bond donors (Lipinski definition) is 0. The van der Waals surface area contributed by atoms with Gasteiger partial charge < -0.3 is 4.65 Å². The lowest BCUT2D eigenvalue weighted by Gasteiger charge is -2.15. The van der Waals surface area contributed by atoms with E-state index in [0.29, 0.717) is 6.92 Å². The monoisotopic (exact) mass is 180 g/mol. The standard InChI is InChI=1S/C11H21BO/c1-3-9-12(10-4-2)13-11-7-5-6-8-11/h7H,3-6,8-10H2,1-2H3. The van der Waals surface area contributed by atoms with Crippen LogP contribution in [0.4, 0.5) is 0 Å². The van der Waals surface area contributed by atoms with Crippen molar-refractivity contribution in [2.24, 2.45) is 0 Å². The first kappa shape index (κ1) is 10.7. The summed E-state index contributed by atoms with van der Waals surface area (Å²) in [5, 5.41) is 0. The predicted molar refractivity (Wildman–Crippen MR) is 59.0 cm³/mol. The molecule has 0 aromatic heterocycles. The Morgan fingerprint density at radius 2 is 2.00 bits per heavy atom. The average Bonchev–Trinajstić information content (AvgIpc) is 2.58. The van der Waals surface area contributed by atoms with E-state index in [9.17, 15) is 0 Å². The lowest BCUT2D eigenvalue weighted by molar-refractivity contribution is 0.412. The van der Waals surface area contributed by atoms with E-state index in [-0.39, 0.29) is 0 Å². The molecule has 0 bridgehead atoms. The summed E-state index contributed by atoms with van der Waals surface area (Å²) in [5.41, 5.74) is 0. The maximum Gasteiger partial charge on any atom is 0.357 e. The zero-order chi connectivity index (χ0) is 9.52. The highest BCUT2D eigenvalue weighted by Crippen LogP contribution is 2.21. The molecular weight excluding hydrogens is 159 g/mol. The van der Waals surface area contributed by atoms with Crippen molar-refractivity contribution < 1.29 is 4.65 Å². The van der Waals surface area contributed by atoms with Gasteiger partial charge in [0.2, 0.25) is 0 Å². The van der Waals surface area contributed by atoms with Crippen molar-refractivity contribution in [1.29, 1.82) is 0 Å². The maximum atomic E-state index is 5.95. The van der Waals surface area contributed by atoms with Crippen molar-refractivity contribution in [1.82, 2.24) is 0 Å². The van der Waals surface area contributed by atoms with Crippen LogP contribution in [0.25, 0.3) is 0 Å². The third-order valence-electron chi connectivity index (χ3n) is 2.54. The van der Waals surface area contributed by atoms with Gasteiger partial charge in [0.15, 0.2) is 0 Å². The van der Waals surface area contributed by atoms with Crippen LogP contribution in [0, 0.1) is 0 Å². The second-order valence-corrected chi connectivity index (χ2v) is 3.88. The summed E-state index contributed by atoms with van der Waals surface area (Å²) in [5.74, 6) is 1.26. The summed E-state index contributed by atoms with van der Waals surface area (Å²) in [4.78, 5) is 0. The van der Waals surface area contributed by atoms with Gasteiger partial charge in [0.25, 0.3) is 0 Å². The molecule has 0 unspecified atom stereocenters. The van der Waals surface area contributed by atoms with Gasteiger partial charge in [-0.25, -0.2) is 0 Å². The highest BCUT2D eigenvalue weighted by molar-refractivity contribution is 6.52. The molecule has 0 aromatic carbocycles. The Morgan fingerprint density at radius 3 is 2.46 bits per heavy atom. The Bertz CT molecular complexity index is 159. The fourth-order valence-electron chi connectivity index (χ4n) is 1.87. The fourth-order valence-corrected chi connectivity index (χ4v) is 1.87. The summed E-state index contributed by atoms with van der Waals surface area (Å²) >= 11 is 0. The minimum atomic E-state index is 0.486. The van der Waals surface area contributed by atoms with Crippen molar-refractivity contribution in [3.8, 4) is 0 Å². The van der Waals surface area contributed by atoms with E-state index in [1.807, 2.05) is 0 Å². The third-order valence-corrected chi connectivity index (χ3v) is 2.54. The second kappa shape index (κ2) is 6.12. The maximum absolute atomic E-state index is 5.95. The first-order chi connectivity index (χ1) is 6.36. The van der Waals surface area contributed by atoms with E-state index in [1.165, 1.54) is 50.5 Å². The minimum absolute atomic E-state index is 0.486. The lowest BCUT2D eigenvalue weighted by Crippen LogP contribution is -2.16. The zero-order valence-electron chi connectivity index (χ0n) is 9.01. The smallest absolute Gasteiger partial charge is 0.357 e. The quantitative estimate of drug-likeness (QED) is 0.563. The Hall–Kier alpha value is -0.395. The van der Waals surface area contributed by atoms with Crippen LogP contribution >= 0.6 is 0 Å². The van der Waals surface area contributed by atoms with Gasteiger partial charge in [-0.05, 0) is 31.6 Å². The summed E-state index contributed by atoms with van der Waals surface area (Å²) in [6.07, 6.45) is 10.8. The molecular formula is C11H21BO. The molecule has 0 radical (unpaired) electrons. The molecule has 1 aliphatic rings. The molecule has 1 nitrogen and oxygen atoms in total. The van der Waals surface area contributed by atoms with Crippen LogP contribution in [-0.4, -0.2) is 6.92 Å². The Morgan fingerprint density at radius 1 is 1.31 bits per heavy atom. The largest absolute Gasteiger partial charge is 0.564 e. The van der Waals surface area contributed by atoms with Crippen LogP contribution in [-0.2, 0) is 4.65 Å². The first-order valence-corrected chi connectivity index (χ1v) is 5.72. The molecule has 0 amide bonds. The molecule has 0 aromatic rings. The lowest BCUT2D eigenvalue weighted by atomic mass is 9.60. The van der Waals surface area contributed by atoms with Crippen molar-refractivity contribution in [3.05, 3.63) is 11.8 Å². The van der Waals surface area contributed by atoms with E-state index < -0.39 is 0 Å². The van der Waals surface area contributed by atoms with E-state index >= 15 is 0 Å². The highest BCUT2D eigenvalue weighted by Gasteiger charge is 2.17. The van der Waals surface area contributed by atoms with Crippen molar-refractivity contribution in [3.63, 3.8) is 0 Å². The van der Waals surface area contributed by atoms with Gasteiger partial charge in [-0.15, -0.1) is 0 Å². The molecule has 0 saturated carbocycles. The van der Waals surface area contributed by atoms with Gasteiger partial charge >= 0.3 is 6.92 Å².